The molecule has 116 valence electrons. The van der Waals surface area contributed by atoms with E-state index in [4.69, 9.17) is 9.47 Å². The zero-order valence-electron chi connectivity index (χ0n) is 12.4. The van der Waals surface area contributed by atoms with Crippen molar-refractivity contribution in [3.05, 3.63) is 30.1 Å². The molecule has 0 aliphatic carbocycles. The second-order valence-corrected chi connectivity index (χ2v) is 5.28. The van der Waals surface area contributed by atoms with E-state index < -0.39 is 0 Å². The van der Waals surface area contributed by atoms with Crippen molar-refractivity contribution in [3.8, 4) is 5.75 Å². The van der Waals surface area contributed by atoms with Crippen molar-refractivity contribution in [1.82, 2.24) is 9.80 Å². The molecule has 1 aromatic carbocycles. The van der Waals surface area contributed by atoms with Crippen LogP contribution in [0.25, 0.3) is 0 Å². The Balaban J connectivity index is 1.77. The maximum Gasteiger partial charge on any atom is 0.260 e. The Morgan fingerprint density at radius 1 is 1.57 bits per heavy atom. The number of ether oxygens (including phenoxy) is 2. The van der Waals surface area contributed by atoms with Crippen LogP contribution in [0.3, 0.4) is 0 Å². The highest BCUT2D eigenvalue weighted by molar-refractivity contribution is 5.77. The highest BCUT2D eigenvalue weighted by Crippen LogP contribution is 2.12. The number of amides is 1. The van der Waals surface area contributed by atoms with Crippen LogP contribution < -0.4 is 4.74 Å². The van der Waals surface area contributed by atoms with Gasteiger partial charge in [0.05, 0.1) is 12.7 Å². The largest absolute Gasteiger partial charge is 0.484 e. The minimum absolute atomic E-state index is 0.0202. The topological polar surface area (TPSA) is 42.0 Å². The standard InChI is InChI=1S/C15H21FN2O3/c1-17-6-7-20-14(9-17)10-18(2)15(19)11-21-13-5-3-4-12(16)8-13/h3-5,8,14H,6-7,9-11H2,1-2H3. The quantitative estimate of drug-likeness (QED) is 0.813. The van der Waals surface area contributed by atoms with Crippen molar-refractivity contribution in [3.63, 3.8) is 0 Å². The van der Waals surface area contributed by atoms with E-state index in [0.29, 0.717) is 18.9 Å². The number of hydrogen-bond donors (Lipinski definition) is 0. The Morgan fingerprint density at radius 3 is 3.10 bits per heavy atom. The van der Waals surface area contributed by atoms with Gasteiger partial charge in [-0.05, 0) is 19.2 Å². The number of halogens is 1. The van der Waals surface area contributed by atoms with Gasteiger partial charge >= 0.3 is 0 Å². The maximum absolute atomic E-state index is 13.0. The van der Waals surface area contributed by atoms with Gasteiger partial charge in [0, 0.05) is 32.7 Å². The monoisotopic (exact) mass is 296 g/mol. The molecule has 0 spiro atoms. The first-order valence-corrected chi connectivity index (χ1v) is 6.97. The Morgan fingerprint density at radius 2 is 2.38 bits per heavy atom. The summed E-state index contributed by atoms with van der Waals surface area (Å²) in [6.07, 6.45) is 0.0202. The van der Waals surface area contributed by atoms with Gasteiger partial charge in [0.2, 0.25) is 0 Å². The minimum Gasteiger partial charge on any atom is -0.484 e. The minimum atomic E-state index is -0.382. The van der Waals surface area contributed by atoms with Crippen molar-refractivity contribution in [2.75, 3.05) is 46.9 Å². The molecule has 0 bridgehead atoms. The third-order valence-corrected chi connectivity index (χ3v) is 3.40. The number of morpholine rings is 1. The van der Waals surface area contributed by atoms with Gasteiger partial charge in [-0.1, -0.05) is 6.07 Å². The van der Waals surface area contributed by atoms with Gasteiger partial charge in [-0.3, -0.25) is 4.79 Å². The number of likely N-dealkylation sites (N-methyl/N-ethyl adjacent to an activating group) is 2. The molecular formula is C15H21FN2O3. The lowest BCUT2D eigenvalue weighted by Crippen LogP contribution is -2.47. The maximum atomic E-state index is 13.0. The van der Waals surface area contributed by atoms with Gasteiger partial charge in [-0.25, -0.2) is 4.39 Å². The van der Waals surface area contributed by atoms with E-state index in [9.17, 15) is 9.18 Å². The fraction of sp³-hybridized carbons (Fsp3) is 0.533. The molecule has 0 saturated carbocycles. The first kappa shape index (κ1) is 15.7. The van der Waals surface area contributed by atoms with E-state index in [2.05, 4.69) is 4.90 Å². The summed E-state index contributed by atoms with van der Waals surface area (Å²) in [6, 6.07) is 5.75. The predicted octanol–water partition coefficient (Wildman–Crippen LogP) is 0.993. The highest BCUT2D eigenvalue weighted by atomic mass is 19.1. The molecule has 1 atom stereocenters. The summed E-state index contributed by atoms with van der Waals surface area (Å²) in [5.41, 5.74) is 0. The molecule has 6 heteroatoms. The first-order chi connectivity index (χ1) is 10.0. The molecular weight excluding hydrogens is 275 g/mol. The molecule has 1 aliphatic heterocycles. The summed E-state index contributed by atoms with van der Waals surface area (Å²) in [4.78, 5) is 15.8. The van der Waals surface area contributed by atoms with E-state index in [1.165, 1.54) is 12.1 Å². The van der Waals surface area contributed by atoms with Crippen LogP contribution in [-0.2, 0) is 9.53 Å². The fourth-order valence-corrected chi connectivity index (χ4v) is 2.20. The fourth-order valence-electron chi connectivity index (χ4n) is 2.20. The van der Waals surface area contributed by atoms with E-state index in [1.807, 2.05) is 7.05 Å². The van der Waals surface area contributed by atoms with Crippen LogP contribution in [-0.4, -0.2) is 68.8 Å². The van der Waals surface area contributed by atoms with Gasteiger partial charge in [0.1, 0.15) is 11.6 Å². The summed E-state index contributed by atoms with van der Waals surface area (Å²) in [6.45, 7) is 2.82. The third-order valence-electron chi connectivity index (χ3n) is 3.40. The highest BCUT2D eigenvalue weighted by Gasteiger charge is 2.21. The lowest BCUT2D eigenvalue weighted by molar-refractivity contribution is -0.135. The molecule has 2 rings (SSSR count). The summed E-state index contributed by atoms with van der Waals surface area (Å²) in [7, 11) is 3.75. The lowest BCUT2D eigenvalue weighted by Gasteiger charge is -2.32. The van der Waals surface area contributed by atoms with Crippen molar-refractivity contribution in [2.45, 2.75) is 6.10 Å². The lowest BCUT2D eigenvalue weighted by atomic mass is 10.2. The Hall–Kier alpha value is -1.66. The van der Waals surface area contributed by atoms with E-state index in [-0.39, 0.29) is 24.4 Å². The van der Waals surface area contributed by atoms with Gasteiger partial charge in [0.15, 0.2) is 6.61 Å². The molecule has 1 aromatic rings. The summed E-state index contributed by atoms with van der Waals surface area (Å²) in [5.74, 6) is -0.187. The van der Waals surface area contributed by atoms with Crippen molar-refractivity contribution < 1.29 is 18.7 Å². The van der Waals surface area contributed by atoms with Crippen molar-refractivity contribution >= 4 is 5.91 Å². The van der Waals surface area contributed by atoms with Gasteiger partial charge in [0.25, 0.3) is 5.91 Å². The van der Waals surface area contributed by atoms with E-state index >= 15 is 0 Å². The Labute approximate surface area is 124 Å². The van der Waals surface area contributed by atoms with Crippen molar-refractivity contribution in [2.24, 2.45) is 0 Å². The molecule has 1 aliphatic rings. The summed E-state index contributed by atoms with van der Waals surface area (Å²) < 4.78 is 23.9. The molecule has 1 amide bonds. The van der Waals surface area contributed by atoms with Crippen LogP contribution in [0.15, 0.2) is 24.3 Å². The molecule has 0 N–H and O–H groups in total. The van der Waals surface area contributed by atoms with Crippen molar-refractivity contribution in [1.29, 1.82) is 0 Å². The Bertz CT molecular complexity index is 484. The summed E-state index contributed by atoms with van der Waals surface area (Å²) in [5, 5.41) is 0. The molecule has 5 nitrogen and oxygen atoms in total. The molecule has 1 saturated heterocycles. The van der Waals surface area contributed by atoms with Gasteiger partial charge < -0.3 is 19.3 Å². The van der Waals surface area contributed by atoms with Crippen LogP contribution in [0.2, 0.25) is 0 Å². The second kappa shape index (κ2) is 7.38. The normalized spacial score (nSPS) is 19.3. The number of nitrogens with zero attached hydrogens (tertiary/aromatic N) is 2. The van der Waals surface area contributed by atoms with Gasteiger partial charge in [-0.15, -0.1) is 0 Å². The number of carbonyl (C=O) groups excluding carboxylic acids is 1. The first-order valence-electron chi connectivity index (χ1n) is 6.97. The zero-order chi connectivity index (χ0) is 15.2. The molecule has 1 unspecified atom stereocenters. The van der Waals surface area contributed by atoms with E-state index in [0.717, 1.165) is 13.1 Å². The van der Waals surface area contributed by atoms with Crippen LogP contribution in [0, 0.1) is 5.82 Å². The molecule has 1 heterocycles. The Kier molecular flexibility index (Phi) is 5.52. The SMILES string of the molecule is CN1CCOC(CN(C)C(=O)COc2cccc(F)c2)C1. The van der Waals surface area contributed by atoms with Crippen LogP contribution >= 0.6 is 0 Å². The molecule has 21 heavy (non-hydrogen) atoms. The van der Waals surface area contributed by atoms with Gasteiger partial charge in [-0.2, -0.15) is 0 Å². The number of hydrogen-bond acceptors (Lipinski definition) is 4. The summed E-state index contributed by atoms with van der Waals surface area (Å²) >= 11 is 0. The third kappa shape index (κ3) is 4.99. The van der Waals surface area contributed by atoms with Crippen LogP contribution in [0.5, 0.6) is 5.75 Å². The average Bonchev–Trinajstić information content (AvgIpc) is 2.45. The smallest absolute Gasteiger partial charge is 0.260 e. The number of rotatable bonds is 5. The predicted molar refractivity (Wildman–Crippen MR) is 76.8 cm³/mol. The molecule has 1 fully saturated rings. The van der Waals surface area contributed by atoms with Crippen LogP contribution in [0.4, 0.5) is 4.39 Å². The van der Waals surface area contributed by atoms with E-state index in [1.54, 1.807) is 24.1 Å². The molecule has 0 aromatic heterocycles. The zero-order valence-corrected chi connectivity index (χ0v) is 12.4. The second-order valence-electron chi connectivity index (χ2n) is 5.28. The average molecular weight is 296 g/mol. The number of benzene rings is 1. The molecule has 0 radical (unpaired) electrons. The number of carbonyl (C=O) groups is 1. The van der Waals surface area contributed by atoms with Crippen LogP contribution in [0.1, 0.15) is 0 Å².